The van der Waals surface area contributed by atoms with Crippen LogP contribution in [0.2, 0.25) is 0 Å². The Morgan fingerprint density at radius 2 is 2.13 bits per heavy atom. The number of anilines is 1. The van der Waals surface area contributed by atoms with Crippen molar-refractivity contribution in [3.63, 3.8) is 0 Å². The van der Waals surface area contributed by atoms with Gasteiger partial charge in [-0.3, -0.25) is 9.59 Å². The summed E-state index contributed by atoms with van der Waals surface area (Å²) in [6.07, 6.45) is 4.24. The van der Waals surface area contributed by atoms with Crippen LogP contribution in [0.4, 0.5) is 5.69 Å². The van der Waals surface area contributed by atoms with Gasteiger partial charge in [0.1, 0.15) is 12.3 Å². The van der Waals surface area contributed by atoms with Crippen molar-refractivity contribution >= 4 is 17.5 Å². The van der Waals surface area contributed by atoms with Crippen LogP contribution < -0.4 is 9.64 Å². The number of hydrogen-bond acceptors (Lipinski definition) is 3. The van der Waals surface area contributed by atoms with E-state index in [0.29, 0.717) is 17.5 Å². The third-order valence-electron chi connectivity index (χ3n) is 4.46. The van der Waals surface area contributed by atoms with Gasteiger partial charge in [-0.1, -0.05) is 13.0 Å². The normalized spacial score (nSPS) is 17.7. The molecule has 0 bridgehead atoms. The Labute approximate surface area is 138 Å². The van der Waals surface area contributed by atoms with Gasteiger partial charge in [0.25, 0.3) is 0 Å². The van der Waals surface area contributed by atoms with Gasteiger partial charge in [-0.2, -0.15) is 0 Å². The van der Waals surface area contributed by atoms with Gasteiger partial charge in [0.15, 0.2) is 0 Å². The highest BCUT2D eigenvalue weighted by Gasteiger charge is 2.27. The second-order valence-corrected chi connectivity index (χ2v) is 5.95. The number of piperidine rings is 1. The molecule has 0 N–H and O–H groups in total. The molecule has 23 heavy (non-hydrogen) atoms. The summed E-state index contributed by atoms with van der Waals surface area (Å²) >= 11 is 0. The lowest BCUT2D eigenvalue weighted by atomic mass is 10.00. The molecule has 0 saturated carbocycles. The predicted octanol–water partition coefficient (Wildman–Crippen LogP) is 2.84. The lowest BCUT2D eigenvalue weighted by molar-refractivity contribution is -0.134. The van der Waals surface area contributed by atoms with E-state index in [1.54, 1.807) is 13.2 Å². The Morgan fingerprint density at radius 1 is 1.35 bits per heavy atom. The highest BCUT2D eigenvalue weighted by molar-refractivity contribution is 5.97. The predicted molar refractivity (Wildman–Crippen MR) is 90.7 cm³/mol. The van der Waals surface area contributed by atoms with Crippen LogP contribution in [0.5, 0.6) is 5.75 Å². The lowest BCUT2D eigenvalue weighted by Gasteiger charge is -2.36. The van der Waals surface area contributed by atoms with E-state index in [1.165, 1.54) is 18.2 Å². The Balaban J connectivity index is 2.15. The maximum absolute atomic E-state index is 12.7. The summed E-state index contributed by atoms with van der Waals surface area (Å²) in [5, 5.41) is 0. The number of methoxy groups -OCH3 is 1. The number of carbonyl (C=O) groups is 2. The van der Waals surface area contributed by atoms with Gasteiger partial charge in [-0.15, -0.1) is 0 Å². The molecule has 1 unspecified atom stereocenters. The molecule has 1 atom stereocenters. The van der Waals surface area contributed by atoms with Gasteiger partial charge in [-0.05, 0) is 37.8 Å². The minimum absolute atomic E-state index is 0.0227. The number of likely N-dealkylation sites (tertiary alicyclic amines) is 1. The van der Waals surface area contributed by atoms with Gasteiger partial charge < -0.3 is 14.5 Å². The van der Waals surface area contributed by atoms with Crippen molar-refractivity contribution in [1.29, 1.82) is 0 Å². The first-order chi connectivity index (χ1) is 11.1. The molecule has 0 spiro atoms. The summed E-state index contributed by atoms with van der Waals surface area (Å²) < 4.78 is 5.21. The Hall–Kier alpha value is -2.04. The summed E-state index contributed by atoms with van der Waals surface area (Å²) in [5.41, 5.74) is 0.690. The number of amides is 2. The van der Waals surface area contributed by atoms with Crippen molar-refractivity contribution in [2.75, 3.05) is 25.1 Å². The van der Waals surface area contributed by atoms with E-state index in [-0.39, 0.29) is 18.4 Å². The highest BCUT2D eigenvalue weighted by Crippen LogP contribution is 2.23. The van der Waals surface area contributed by atoms with Crippen LogP contribution in [0.25, 0.3) is 0 Å². The zero-order valence-electron chi connectivity index (χ0n) is 14.2. The van der Waals surface area contributed by atoms with Crippen LogP contribution in [-0.2, 0) is 9.59 Å². The van der Waals surface area contributed by atoms with Gasteiger partial charge >= 0.3 is 0 Å². The molecule has 0 aromatic heterocycles. The first-order valence-electron chi connectivity index (χ1n) is 8.28. The largest absolute Gasteiger partial charge is 0.497 e. The topological polar surface area (TPSA) is 49.9 Å². The molecule has 1 aromatic carbocycles. The molecule has 1 heterocycles. The summed E-state index contributed by atoms with van der Waals surface area (Å²) in [6.45, 7) is 4.47. The van der Waals surface area contributed by atoms with Crippen LogP contribution in [0.1, 0.15) is 39.5 Å². The zero-order chi connectivity index (χ0) is 16.8. The fourth-order valence-electron chi connectivity index (χ4n) is 3.14. The standard InChI is InChI=1S/C18H26N2O3/c1-4-15-8-5-6-11-19(15)18(22)13-20(14(2)21)16-9-7-10-17(12-16)23-3/h7,9-10,12,15H,4-6,8,11,13H2,1-3H3. The number of ether oxygens (including phenoxy) is 1. The molecule has 0 radical (unpaired) electrons. The Morgan fingerprint density at radius 3 is 2.78 bits per heavy atom. The molecule has 0 aliphatic carbocycles. The molecule has 1 saturated heterocycles. The van der Waals surface area contributed by atoms with E-state index in [1.807, 2.05) is 23.1 Å². The van der Waals surface area contributed by atoms with Crippen LogP contribution in [0, 0.1) is 0 Å². The molecule has 1 aliphatic rings. The van der Waals surface area contributed by atoms with Crippen molar-refractivity contribution < 1.29 is 14.3 Å². The van der Waals surface area contributed by atoms with Crippen LogP contribution >= 0.6 is 0 Å². The molecule has 5 heteroatoms. The van der Waals surface area contributed by atoms with Crippen LogP contribution in [-0.4, -0.2) is 43.0 Å². The fourth-order valence-corrected chi connectivity index (χ4v) is 3.14. The van der Waals surface area contributed by atoms with Crippen molar-refractivity contribution in [3.05, 3.63) is 24.3 Å². The molecule has 126 valence electrons. The van der Waals surface area contributed by atoms with Crippen LogP contribution in [0.3, 0.4) is 0 Å². The van der Waals surface area contributed by atoms with Crippen molar-refractivity contribution in [2.24, 2.45) is 0 Å². The SMILES string of the molecule is CCC1CCCCN1C(=O)CN(C(C)=O)c1cccc(OC)c1. The minimum Gasteiger partial charge on any atom is -0.497 e. The molecular weight excluding hydrogens is 292 g/mol. The first kappa shape index (κ1) is 17.3. The summed E-state index contributed by atoms with van der Waals surface area (Å²) in [5.74, 6) is 0.553. The van der Waals surface area contributed by atoms with Crippen molar-refractivity contribution in [1.82, 2.24) is 4.90 Å². The van der Waals surface area contributed by atoms with E-state index in [9.17, 15) is 9.59 Å². The Bertz CT molecular complexity index is 559. The minimum atomic E-state index is -0.142. The van der Waals surface area contributed by atoms with Gasteiger partial charge in [0.05, 0.1) is 7.11 Å². The van der Waals surface area contributed by atoms with Crippen molar-refractivity contribution in [2.45, 2.75) is 45.6 Å². The van der Waals surface area contributed by atoms with Gasteiger partial charge in [0, 0.05) is 31.3 Å². The summed E-state index contributed by atoms with van der Waals surface area (Å²) in [6, 6.07) is 7.55. The number of carbonyl (C=O) groups excluding carboxylic acids is 2. The average Bonchev–Trinajstić information content (AvgIpc) is 2.59. The zero-order valence-corrected chi connectivity index (χ0v) is 14.2. The molecule has 2 rings (SSSR count). The molecule has 1 aromatic rings. The number of benzene rings is 1. The number of hydrogen-bond donors (Lipinski definition) is 0. The van der Waals surface area contributed by atoms with Crippen molar-refractivity contribution in [3.8, 4) is 5.75 Å². The molecule has 1 fully saturated rings. The third-order valence-corrected chi connectivity index (χ3v) is 4.46. The first-order valence-corrected chi connectivity index (χ1v) is 8.28. The quantitative estimate of drug-likeness (QED) is 0.839. The molecule has 2 amide bonds. The summed E-state index contributed by atoms with van der Waals surface area (Å²) in [7, 11) is 1.59. The number of rotatable bonds is 5. The van der Waals surface area contributed by atoms with Gasteiger partial charge in [0.2, 0.25) is 11.8 Å². The highest BCUT2D eigenvalue weighted by atomic mass is 16.5. The molecular formula is C18H26N2O3. The summed E-state index contributed by atoms with van der Waals surface area (Å²) in [4.78, 5) is 28.2. The second-order valence-electron chi connectivity index (χ2n) is 5.95. The van der Waals surface area contributed by atoms with E-state index in [2.05, 4.69) is 6.92 Å². The average molecular weight is 318 g/mol. The molecule has 1 aliphatic heterocycles. The maximum atomic E-state index is 12.7. The second kappa shape index (κ2) is 7.99. The fraction of sp³-hybridized carbons (Fsp3) is 0.556. The van der Waals surface area contributed by atoms with E-state index in [0.717, 1.165) is 25.8 Å². The van der Waals surface area contributed by atoms with Crippen LogP contribution in [0.15, 0.2) is 24.3 Å². The maximum Gasteiger partial charge on any atom is 0.242 e. The number of nitrogens with zero attached hydrogens (tertiary/aromatic N) is 2. The third kappa shape index (κ3) is 4.24. The molecule has 5 nitrogen and oxygen atoms in total. The smallest absolute Gasteiger partial charge is 0.242 e. The Kier molecular flexibility index (Phi) is 6.02. The van der Waals surface area contributed by atoms with E-state index < -0.39 is 0 Å². The van der Waals surface area contributed by atoms with E-state index in [4.69, 9.17) is 4.74 Å². The van der Waals surface area contributed by atoms with Gasteiger partial charge in [-0.25, -0.2) is 0 Å². The monoisotopic (exact) mass is 318 g/mol. The lowest BCUT2D eigenvalue weighted by Crippen LogP contribution is -2.48. The van der Waals surface area contributed by atoms with E-state index >= 15 is 0 Å².